The van der Waals surface area contributed by atoms with Gasteiger partial charge in [0.25, 0.3) is 0 Å². The first kappa shape index (κ1) is 27.0. The third-order valence-electron chi connectivity index (χ3n) is 5.99. The third kappa shape index (κ3) is 6.54. The van der Waals surface area contributed by atoms with E-state index in [9.17, 15) is 4.79 Å². The van der Waals surface area contributed by atoms with Crippen molar-refractivity contribution in [3.05, 3.63) is 88.4 Å². The highest BCUT2D eigenvalue weighted by atomic mass is 35.5. The molecule has 7 nitrogen and oxygen atoms in total. The second-order valence-electron chi connectivity index (χ2n) is 8.56. The summed E-state index contributed by atoms with van der Waals surface area (Å²) in [6.07, 6.45) is 16.9. The number of ether oxygens (including phenoxy) is 2. The van der Waals surface area contributed by atoms with Gasteiger partial charge in [0.1, 0.15) is 24.2 Å². The molecule has 36 heavy (non-hydrogen) atoms. The summed E-state index contributed by atoms with van der Waals surface area (Å²) in [7, 11) is 3.96. The van der Waals surface area contributed by atoms with Gasteiger partial charge in [-0.2, -0.15) is 10.3 Å². The Morgan fingerprint density at radius 1 is 1.25 bits per heavy atom. The van der Waals surface area contributed by atoms with Crippen LogP contribution in [0.15, 0.2) is 66.7 Å². The monoisotopic (exact) mass is 506 g/mol. The molecule has 0 fully saturated rings. The Morgan fingerprint density at radius 2 is 2.06 bits per heavy atom. The first-order valence-electron chi connectivity index (χ1n) is 11.8. The van der Waals surface area contributed by atoms with E-state index < -0.39 is 5.72 Å². The first-order chi connectivity index (χ1) is 17.3. The van der Waals surface area contributed by atoms with Crippen LogP contribution in [0.4, 0.5) is 0 Å². The number of nitriles is 1. The number of benzene rings is 1. The molecule has 0 radical (unpaired) electrons. The van der Waals surface area contributed by atoms with Crippen LogP contribution in [0.2, 0.25) is 5.02 Å². The molecule has 1 aliphatic rings. The van der Waals surface area contributed by atoms with E-state index in [1.54, 1.807) is 18.3 Å². The molecule has 2 aromatic rings. The number of rotatable bonds is 11. The fourth-order valence-electron chi connectivity index (χ4n) is 3.75. The van der Waals surface area contributed by atoms with E-state index in [4.69, 9.17) is 26.3 Å². The molecule has 0 amide bonds. The summed E-state index contributed by atoms with van der Waals surface area (Å²) in [5, 5.41) is 13.5. The Hall–Kier alpha value is -3.60. The summed E-state index contributed by atoms with van der Waals surface area (Å²) < 4.78 is 12.4. The highest BCUT2D eigenvalue weighted by Gasteiger charge is 2.33. The molecular formula is C28H31ClN4O3. The molecule has 0 spiro atoms. The lowest BCUT2D eigenvalue weighted by Crippen LogP contribution is -2.54. The molecule has 1 heterocycles. The molecule has 8 heteroatoms. The van der Waals surface area contributed by atoms with Crippen molar-refractivity contribution in [2.75, 3.05) is 14.1 Å². The minimum Gasteiger partial charge on any atom is -0.488 e. The van der Waals surface area contributed by atoms with Gasteiger partial charge in [0, 0.05) is 43.8 Å². The Balaban J connectivity index is 1.90. The van der Waals surface area contributed by atoms with Crippen molar-refractivity contribution in [1.29, 1.82) is 5.26 Å². The third-order valence-corrected chi connectivity index (χ3v) is 6.28. The highest BCUT2D eigenvalue weighted by Crippen LogP contribution is 2.36. The van der Waals surface area contributed by atoms with Crippen molar-refractivity contribution in [1.82, 2.24) is 15.0 Å². The number of aldehydes is 1. The number of hydrazine groups is 1. The highest BCUT2D eigenvalue weighted by molar-refractivity contribution is 6.32. The number of aromatic nitrogens is 1. The summed E-state index contributed by atoms with van der Waals surface area (Å²) in [6.45, 7) is 4.14. The fraction of sp³-hybridized carbons (Fsp3) is 0.321. The molecule has 0 N–H and O–H groups in total. The molecule has 188 valence electrons. The molecule has 1 unspecified atom stereocenters. The minimum absolute atomic E-state index is 0.127. The maximum atomic E-state index is 11.7. The van der Waals surface area contributed by atoms with Gasteiger partial charge in [-0.25, -0.2) is 0 Å². The number of halogens is 1. The van der Waals surface area contributed by atoms with Crippen LogP contribution in [0.5, 0.6) is 11.5 Å². The van der Waals surface area contributed by atoms with E-state index in [0.717, 1.165) is 19.3 Å². The van der Waals surface area contributed by atoms with Gasteiger partial charge in [-0.3, -0.25) is 9.78 Å². The summed E-state index contributed by atoms with van der Waals surface area (Å²) in [6, 6.07) is 6.90. The smallest absolute Gasteiger partial charge is 0.195 e. The Kier molecular flexibility index (Phi) is 9.29. The van der Waals surface area contributed by atoms with Crippen LogP contribution >= 0.6 is 11.6 Å². The number of carbonyl (C=O) groups is 1. The van der Waals surface area contributed by atoms with Crippen molar-refractivity contribution >= 4 is 17.9 Å². The lowest BCUT2D eigenvalue weighted by Gasteiger charge is -2.43. The molecular weight excluding hydrogens is 476 g/mol. The van der Waals surface area contributed by atoms with Crippen molar-refractivity contribution in [2.45, 2.75) is 45.4 Å². The molecule has 0 bridgehead atoms. The number of likely N-dealkylation sites (N-methyl/N-ethyl adjacent to an activating group) is 1. The minimum atomic E-state index is -0.887. The van der Waals surface area contributed by atoms with Crippen LogP contribution in [0.1, 0.15) is 54.6 Å². The molecule has 0 aliphatic heterocycles. The van der Waals surface area contributed by atoms with Crippen molar-refractivity contribution in [3.63, 3.8) is 0 Å². The molecule has 0 saturated heterocycles. The number of hydrogen-bond donors (Lipinski definition) is 0. The van der Waals surface area contributed by atoms with Crippen molar-refractivity contribution in [2.24, 2.45) is 0 Å². The van der Waals surface area contributed by atoms with E-state index in [-0.39, 0.29) is 6.61 Å². The fourth-order valence-corrected chi connectivity index (χ4v) is 3.96. The number of pyridine rings is 1. The van der Waals surface area contributed by atoms with Gasteiger partial charge in [0.15, 0.2) is 12.0 Å². The SMILES string of the molecule is CC/C=C\C(C)(Oc1cc(OCc2cncc(C#N)c2)c(C=O)cc1Cl)N(C)N(C)C1=CC=CCC1. The number of carbonyl (C=O) groups excluding carboxylic acids is 1. The van der Waals surface area contributed by atoms with E-state index in [0.29, 0.717) is 39.5 Å². The average molecular weight is 507 g/mol. The van der Waals surface area contributed by atoms with Gasteiger partial charge < -0.3 is 14.5 Å². The van der Waals surface area contributed by atoms with Crippen molar-refractivity contribution < 1.29 is 14.3 Å². The Morgan fingerprint density at radius 3 is 2.72 bits per heavy atom. The Bertz CT molecular complexity index is 1220. The van der Waals surface area contributed by atoms with E-state index in [2.05, 4.69) is 41.2 Å². The van der Waals surface area contributed by atoms with Crippen LogP contribution in [0, 0.1) is 11.3 Å². The van der Waals surface area contributed by atoms with Gasteiger partial charge in [-0.05, 0) is 50.5 Å². The standard InChI is InChI=1S/C28H31ClN4O3/c1-5-6-12-28(2,33(4)32(3)24-10-8-7-9-11-24)36-27-15-26(23(19-34)14-25(27)29)35-20-22-13-21(16-30)17-31-18-22/h6-8,10,12-15,17-19H,5,9,11,20H2,1-4H3/b12-6-. The predicted octanol–water partition coefficient (Wildman–Crippen LogP) is 6.07. The lowest BCUT2D eigenvalue weighted by molar-refractivity contribution is -0.119. The normalized spacial score (nSPS) is 14.8. The Labute approximate surface area is 217 Å². The lowest BCUT2D eigenvalue weighted by atomic mass is 10.1. The second kappa shape index (κ2) is 12.4. The summed E-state index contributed by atoms with van der Waals surface area (Å²) in [5.74, 6) is 0.701. The van der Waals surface area contributed by atoms with Gasteiger partial charge in [-0.1, -0.05) is 36.8 Å². The number of hydrogen-bond acceptors (Lipinski definition) is 7. The van der Waals surface area contributed by atoms with E-state index in [1.807, 2.05) is 38.2 Å². The van der Waals surface area contributed by atoms with Gasteiger partial charge in [0.05, 0.1) is 16.1 Å². The molecule has 0 saturated carbocycles. The van der Waals surface area contributed by atoms with Crippen LogP contribution in [-0.2, 0) is 6.61 Å². The topological polar surface area (TPSA) is 78.7 Å². The predicted molar refractivity (Wildman–Crippen MR) is 141 cm³/mol. The zero-order chi connectivity index (χ0) is 26.1. The molecule has 1 aromatic heterocycles. The summed E-state index contributed by atoms with van der Waals surface area (Å²) in [4.78, 5) is 15.8. The number of allylic oxidation sites excluding steroid dienone is 5. The largest absolute Gasteiger partial charge is 0.488 e. The van der Waals surface area contributed by atoms with Crippen LogP contribution < -0.4 is 9.47 Å². The van der Waals surface area contributed by atoms with Crippen molar-refractivity contribution in [3.8, 4) is 17.6 Å². The van der Waals surface area contributed by atoms with E-state index in [1.165, 1.54) is 18.0 Å². The molecule has 1 aliphatic carbocycles. The first-order valence-corrected chi connectivity index (χ1v) is 12.1. The molecule has 3 rings (SSSR count). The maximum Gasteiger partial charge on any atom is 0.195 e. The van der Waals surface area contributed by atoms with E-state index >= 15 is 0 Å². The average Bonchev–Trinajstić information content (AvgIpc) is 2.91. The summed E-state index contributed by atoms with van der Waals surface area (Å²) in [5.41, 5.74) is 1.71. The molecule has 1 atom stereocenters. The van der Waals surface area contributed by atoms with Gasteiger partial charge in [0.2, 0.25) is 0 Å². The molecule has 1 aromatic carbocycles. The van der Waals surface area contributed by atoms with Gasteiger partial charge >= 0.3 is 0 Å². The zero-order valence-corrected chi connectivity index (χ0v) is 21.8. The van der Waals surface area contributed by atoms with Crippen LogP contribution in [-0.4, -0.2) is 41.1 Å². The van der Waals surface area contributed by atoms with Crippen LogP contribution in [0.3, 0.4) is 0 Å². The second-order valence-corrected chi connectivity index (χ2v) is 8.97. The quantitative estimate of drug-likeness (QED) is 0.158. The zero-order valence-electron chi connectivity index (χ0n) is 21.1. The number of nitrogens with zero attached hydrogens (tertiary/aromatic N) is 4. The maximum absolute atomic E-state index is 11.7. The summed E-state index contributed by atoms with van der Waals surface area (Å²) >= 11 is 6.55. The van der Waals surface area contributed by atoms with Gasteiger partial charge in [-0.15, -0.1) is 0 Å². The van der Waals surface area contributed by atoms with Crippen LogP contribution in [0.25, 0.3) is 0 Å².